The second-order valence-electron chi connectivity index (χ2n) is 4.51. The van der Waals surface area contributed by atoms with Gasteiger partial charge in [0.1, 0.15) is 11.5 Å². The van der Waals surface area contributed by atoms with Gasteiger partial charge in [0.15, 0.2) is 5.78 Å². The minimum atomic E-state index is -0.542. The number of Topliss-reactive ketones (excluding diaryl/α,β-unsaturated/α-hetero) is 1. The first-order chi connectivity index (χ1) is 9.88. The number of carbonyl (C=O) groups excluding carboxylic acids is 1. The Bertz CT molecular complexity index is 728. The maximum absolute atomic E-state index is 11.6. The van der Waals surface area contributed by atoms with Crippen LogP contribution in [-0.2, 0) is 0 Å². The van der Waals surface area contributed by atoms with E-state index in [1.807, 2.05) is 19.1 Å². The zero-order valence-corrected chi connectivity index (χ0v) is 13.0. The van der Waals surface area contributed by atoms with Crippen molar-refractivity contribution in [2.24, 2.45) is 0 Å². The van der Waals surface area contributed by atoms with Gasteiger partial charge in [-0.3, -0.25) is 14.9 Å². The van der Waals surface area contributed by atoms with Crippen molar-refractivity contribution in [1.29, 1.82) is 0 Å². The van der Waals surface area contributed by atoms with Gasteiger partial charge in [0, 0.05) is 16.6 Å². The highest BCUT2D eigenvalue weighted by Crippen LogP contribution is 2.31. The fourth-order valence-corrected chi connectivity index (χ4v) is 2.05. The Morgan fingerprint density at radius 3 is 2.52 bits per heavy atom. The SMILES string of the molecule is CC(=O)c1cc([N+](=O)[O-])ccc1Oc1ccc(Br)c(C)c1. The molecule has 2 aromatic carbocycles. The van der Waals surface area contributed by atoms with E-state index in [4.69, 9.17) is 4.74 Å². The molecule has 0 aliphatic rings. The fourth-order valence-electron chi connectivity index (χ4n) is 1.80. The minimum Gasteiger partial charge on any atom is -0.457 e. The molecule has 0 atom stereocenters. The summed E-state index contributed by atoms with van der Waals surface area (Å²) in [7, 11) is 0. The number of ketones is 1. The summed E-state index contributed by atoms with van der Waals surface area (Å²) in [5, 5.41) is 10.8. The number of rotatable bonds is 4. The molecular weight excluding hydrogens is 338 g/mol. The molecule has 0 aliphatic heterocycles. The number of aryl methyl sites for hydroxylation is 1. The topological polar surface area (TPSA) is 69.4 Å². The molecule has 0 fully saturated rings. The number of non-ortho nitro benzene ring substituents is 1. The summed E-state index contributed by atoms with van der Waals surface area (Å²) in [4.78, 5) is 21.9. The van der Waals surface area contributed by atoms with Gasteiger partial charge in [-0.25, -0.2) is 0 Å². The predicted molar refractivity (Wildman–Crippen MR) is 82.1 cm³/mol. The summed E-state index contributed by atoms with van der Waals surface area (Å²) in [6.07, 6.45) is 0. The van der Waals surface area contributed by atoms with E-state index in [0.717, 1.165) is 10.0 Å². The Morgan fingerprint density at radius 2 is 1.95 bits per heavy atom. The molecule has 5 nitrogen and oxygen atoms in total. The highest BCUT2D eigenvalue weighted by atomic mass is 79.9. The lowest BCUT2D eigenvalue weighted by Gasteiger charge is -2.10. The summed E-state index contributed by atoms with van der Waals surface area (Å²) in [6, 6.07) is 9.38. The van der Waals surface area contributed by atoms with E-state index in [0.29, 0.717) is 11.5 Å². The van der Waals surface area contributed by atoms with Gasteiger partial charge in [-0.15, -0.1) is 0 Å². The number of carbonyl (C=O) groups is 1. The van der Waals surface area contributed by atoms with Crippen molar-refractivity contribution in [1.82, 2.24) is 0 Å². The van der Waals surface area contributed by atoms with Crippen LogP contribution in [0.2, 0.25) is 0 Å². The van der Waals surface area contributed by atoms with E-state index in [-0.39, 0.29) is 17.0 Å². The smallest absolute Gasteiger partial charge is 0.270 e. The first-order valence-corrected chi connectivity index (χ1v) is 6.91. The molecule has 0 spiro atoms. The van der Waals surface area contributed by atoms with Crippen LogP contribution in [0.3, 0.4) is 0 Å². The van der Waals surface area contributed by atoms with E-state index in [2.05, 4.69) is 15.9 Å². The van der Waals surface area contributed by atoms with Crippen molar-refractivity contribution in [3.63, 3.8) is 0 Å². The van der Waals surface area contributed by atoms with E-state index in [1.165, 1.54) is 25.1 Å². The second kappa shape index (κ2) is 6.05. The summed E-state index contributed by atoms with van der Waals surface area (Å²) in [5.74, 6) is 0.574. The Balaban J connectivity index is 2.41. The predicted octanol–water partition coefficient (Wildman–Crippen LogP) is 4.66. The molecule has 0 bridgehead atoms. The van der Waals surface area contributed by atoms with Crippen LogP contribution in [0.4, 0.5) is 5.69 Å². The molecule has 2 aromatic rings. The van der Waals surface area contributed by atoms with Crippen molar-refractivity contribution < 1.29 is 14.5 Å². The van der Waals surface area contributed by atoms with Crippen molar-refractivity contribution in [2.75, 3.05) is 0 Å². The van der Waals surface area contributed by atoms with Crippen LogP contribution in [0.5, 0.6) is 11.5 Å². The Labute approximate surface area is 129 Å². The summed E-state index contributed by atoms with van der Waals surface area (Å²) in [6.45, 7) is 3.26. The Morgan fingerprint density at radius 1 is 1.24 bits per heavy atom. The molecule has 0 aromatic heterocycles. The van der Waals surface area contributed by atoms with Crippen LogP contribution in [0, 0.1) is 17.0 Å². The van der Waals surface area contributed by atoms with Gasteiger partial charge in [-0.05, 0) is 43.7 Å². The monoisotopic (exact) mass is 349 g/mol. The lowest BCUT2D eigenvalue weighted by Crippen LogP contribution is -1.99. The number of nitro groups is 1. The van der Waals surface area contributed by atoms with Crippen LogP contribution in [-0.4, -0.2) is 10.7 Å². The van der Waals surface area contributed by atoms with Gasteiger partial charge in [0.05, 0.1) is 10.5 Å². The first-order valence-electron chi connectivity index (χ1n) is 6.12. The third-order valence-corrected chi connectivity index (χ3v) is 3.80. The third kappa shape index (κ3) is 3.46. The van der Waals surface area contributed by atoms with E-state index in [9.17, 15) is 14.9 Å². The molecular formula is C15H12BrNO4. The van der Waals surface area contributed by atoms with E-state index >= 15 is 0 Å². The van der Waals surface area contributed by atoms with Gasteiger partial charge in [0.25, 0.3) is 5.69 Å². The third-order valence-electron chi connectivity index (χ3n) is 2.91. The Kier molecular flexibility index (Phi) is 4.37. The maximum Gasteiger partial charge on any atom is 0.270 e. The molecule has 0 aliphatic carbocycles. The number of halogens is 1. The molecule has 0 amide bonds. The highest BCUT2D eigenvalue weighted by Gasteiger charge is 2.15. The number of hydrogen-bond donors (Lipinski definition) is 0. The van der Waals surface area contributed by atoms with Crippen LogP contribution in [0.15, 0.2) is 40.9 Å². The van der Waals surface area contributed by atoms with Crippen molar-refractivity contribution in [3.8, 4) is 11.5 Å². The second-order valence-corrected chi connectivity index (χ2v) is 5.36. The molecule has 0 heterocycles. The average Bonchev–Trinajstić information content (AvgIpc) is 2.43. The van der Waals surface area contributed by atoms with Gasteiger partial charge in [-0.1, -0.05) is 15.9 Å². The normalized spacial score (nSPS) is 10.2. The highest BCUT2D eigenvalue weighted by molar-refractivity contribution is 9.10. The zero-order valence-electron chi connectivity index (χ0n) is 11.4. The minimum absolute atomic E-state index is 0.139. The Hall–Kier alpha value is -2.21. The van der Waals surface area contributed by atoms with Crippen molar-refractivity contribution in [2.45, 2.75) is 13.8 Å². The van der Waals surface area contributed by atoms with Gasteiger partial charge < -0.3 is 4.74 Å². The summed E-state index contributed by atoms with van der Waals surface area (Å²) in [5.41, 5.74) is 1.03. The lowest BCUT2D eigenvalue weighted by atomic mass is 10.1. The van der Waals surface area contributed by atoms with Crippen molar-refractivity contribution in [3.05, 3.63) is 62.1 Å². The number of ether oxygens (including phenoxy) is 1. The summed E-state index contributed by atoms with van der Waals surface area (Å²) >= 11 is 3.39. The van der Waals surface area contributed by atoms with Crippen molar-refractivity contribution >= 4 is 27.4 Å². The zero-order chi connectivity index (χ0) is 15.6. The maximum atomic E-state index is 11.6. The van der Waals surface area contributed by atoms with Crippen LogP contribution in [0.1, 0.15) is 22.8 Å². The molecule has 21 heavy (non-hydrogen) atoms. The first kappa shape index (κ1) is 15.2. The lowest BCUT2D eigenvalue weighted by molar-refractivity contribution is -0.384. The number of nitrogens with zero attached hydrogens (tertiary/aromatic N) is 1. The van der Waals surface area contributed by atoms with Crippen LogP contribution < -0.4 is 4.74 Å². The largest absolute Gasteiger partial charge is 0.457 e. The molecule has 0 saturated heterocycles. The van der Waals surface area contributed by atoms with E-state index in [1.54, 1.807) is 6.07 Å². The summed E-state index contributed by atoms with van der Waals surface area (Å²) < 4.78 is 6.63. The molecule has 0 unspecified atom stereocenters. The van der Waals surface area contributed by atoms with Gasteiger partial charge in [0.2, 0.25) is 0 Å². The molecule has 0 saturated carbocycles. The molecule has 0 radical (unpaired) electrons. The number of benzene rings is 2. The molecule has 108 valence electrons. The van der Waals surface area contributed by atoms with Crippen LogP contribution in [0.25, 0.3) is 0 Å². The van der Waals surface area contributed by atoms with Crippen LogP contribution >= 0.6 is 15.9 Å². The quantitative estimate of drug-likeness (QED) is 0.457. The van der Waals surface area contributed by atoms with E-state index < -0.39 is 4.92 Å². The standard InChI is InChI=1S/C15H12BrNO4/c1-9-7-12(4-5-14(9)16)21-15-6-3-11(17(19)20)8-13(15)10(2)18/h3-8H,1-2H3. The molecule has 6 heteroatoms. The number of nitro benzene ring substituents is 1. The molecule has 2 rings (SSSR count). The van der Waals surface area contributed by atoms with Gasteiger partial charge >= 0.3 is 0 Å². The average molecular weight is 350 g/mol. The molecule has 0 N–H and O–H groups in total. The fraction of sp³-hybridized carbons (Fsp3) is 0.133. The number of hydrogen-bond acceptors (Lipinski definition) is 4. The van der Waals surface area contributed by atoms with Gasteiger partial charge in [-0.2, -0.15) is 0 Å².